The molecule has 5 N–H and O–H groups in total. The lowest BCUT2D eigenvalue weighted by molar-refractivity contribution is -0.149. The Kier molecular flexibility index (Phi) is 9.05. The Morgan fingerprint density at radius 2 is 1.82 bits per heavy atom. The number of aliphatic hydroxyl groups is 1. The molecule has 3 heterocycles. The molecule has 4 aromatic rings. The zero-order valence-electron chi connectivity index (χ0n) is 22.7. The normalized spacial score (nSPS) is 13.0. The van der Waals surface area contributed by atoms with Gasteiger partial charge in [-0.3, -0.25) is 9.78 Å². The first kappa shape index (κ1) is 27.9. The van der Waals surface area contributed by atoms with E-state index >= 15 is 0 Å². The lowest BCUT2D eigenvalue weighted by atomic mass is 10.1. The van der Waals surface area contributed by atoms with Crippen molar-refractivity contribution in [3.8, 4) is 11.3 Å². The molecule has 11 nitrogen and oxygen atoms in total. The van der Waals surface area contributed by atoms with Gasteiger partial charge in [0.2, 0.25) is 5.95 Å². The van der Waals surface area contributed by atoms with Crippen molar-refractivity contribution >= 4 is 28.9 Å². The topological polar surface area (TPSA) is 153 Å². The number of esters is 1. The number of hydrogen-bond donors (Lipinski definition) is 4. The van der Waals surface area contributed by atoms with Crippen LogP contribution in [0.5, 0.6) is 0 Å². The minimum atomic E-state index is -0.961. The average molecular weight is 533 g/mol. The molecule has 206 valence electrons. The number of aromatic nitrogens is 5. The summed E-state index contributed by atoms with van der Waals surface area (Å²) in [5.41, 5.74) is 10.1. The molecule has 0 spiro atoms. The van der Waals surface area contributed by atoms with Gasteiger partial charge >= 0.3 is 5.97 Å². The number of benzene rings is 1. The van der Waals surface area contributed by atoms with E-state index in [-0.39, 0.29) is 25.1 Å². The van der Waals surface area contributed by atoms with Gasteiger partial charge in [-0.05, 0) is 37.5 Å². The number of fused-ring (bicyclic) bond motifs is 1. The molecule has 39 heavy (non-hydrogen) atoms. The van der Waals surface area contributed by atoms with E-state index in [1.54, 1.807) is 12.5 Å². The first-order valence-electron chi connectivity index (χ1n) is 13.1. The van der Waals surface area contributed by atoms with E-state index in [9.17, 15) is 9.90 Å². The standard InChI is InChI=1S/C28H36N8O3/c1-17(2)23(29)27(38)39-15-21(37)14-32-28-34-25(24-26(35-28)36(16-33-24)18(3)4)31-13-19-8-10-20(11-9-19)22-7-5-6-12-30-22/h5-12,16-18,21,23,37H,13-15,29H2,1-4H3,(H2,31,32,34,35)/t21-,23+/m1/s1. The third-order valence-corrected chi connectivity index (χ3v) is 6.26. The van der Waals surface area contributed by atoms with Crippen LogP contribution in [-0.2, 0) is 16.1 Å². The Morgan fingerprint density at radius 3 is 2.49 bits per heavy atom. The number of carbonyl (C=O) groups excluding carboxylic acids is 1. The smallest absolute Gasteiger partial charge is 0.323 e. The van der Waals surface area contributed by atoms with Crippen molar-refractivity contribution in [1.29, 1.82) is 0 Å². The van der Waals surface area contributed by atoms with Crippen LogP contribution in [0.4, 0.5) is 11.8 Å². The molecule has 0 bridgehead atoms. The Morgan fingerprint density at radius 1 is 1.05 bits per heavy atom. The van der Waals surface area contributed by atoms with E-state index in [0.29, 0.717) is 29.5 Å². The average Bonchev–Trinajstić information content (AvgIpc) is 3.38. The monoisotopic (exact) mass is 532 g/mol. The van der Waals surface area contributed by atoms with Gasteiger partial charge in [0.15, 0.2) is 17.0 Å². The predicted octanol–water partition coefficient (Wildman–Crippen LogP) is 3.38. The van der Waals surface area contributed by atoms with E-state index in [4.69, 9.17) is 10.5 Å². The van der Waals surface area contributed by atoms with E-state index < -0.39 is 18.1 Å². The van der Waals surface area contributed by atoms with Crippen LogP contribution in [0.3, 0.4) is 0 Å². The molecule has 0 radical (unpaired) electrons. The predicted molar refractivity (Wildman–Crippen MR) is 151 cm³/mol. The van der Waals surface area contributed by atoms with Crippen LogP contribution < -0.4 is 16.4 Å². The summed E-state index contributed by atoms with van der Waals surface area (Å²) in [5, 5.41) is 16.8. The van der Waals surface area contributed by atoms with Crippen LogP contribution in [0.25, 0.3) is 22.4 Å². The van der Waals surface area contributed by atoms with Gasteiger partial charge in [0.25, 0.3) is 0 Å². The first-order chi connectivity index (χ1) is 18.7. The summed E-state index contributed by atoms with van der Waals surface area (Å²) in [6.45, 7) is 8.19. The zero-order chi connectivity index (χ0) is 27.9. The third kappa shape index (κ3) is 7.06. The van der Waals surface area contributed by atoms with Crippen molar-refractivity contribution in [3.05, 3.63) is 60.6 Å². The minimum Gasteiger partial charge on any atom is -0.462 e. The Hall–Kier alpha value is -4.09. The summed E-state index contributed by atoms with van der Waals surface area (Å²) in [6.07, 6.45) is 2.56. The van der Waals surface area contributed by atoms with Crippen molar-refractivity contribution < 1.29 is 14.6 Å². The van der Waals surface area contributed by atoms with Crippen LogP contribution in [0.15, 0.2) is 55.0 Å². The van der Waals surface area contributed by atoms with Crippen molar-refractivity contribution in [2.24, 2.45) is 11.7 Å². The van der Waals surface area contributed by atoms with Gasteiger partial charge in [0.05, 0.1) is 12.0 Å². The van der Waals surface area contributed by atoms with E-state index in [1.807, 2.05) is 74.7 Å². The molecule has 4 rings (SSSR count). The van der Waals surface area contributed by atoms with Crippen molar-refractivity contribution in [3.63, 3.8) is 0 Å². The number of nitrogens with two attached hydrogens (primary N) is 1. The number of carbonyl (C=O) groups is 1. The van der Waals surface area contributed by atoms with Gasteiger partial charge in [-0.25, -0.2) is 4.98 Å². The Bertz CT molecular complexity index is 1370. The maximum Gasteiger partial charge on any atom is 0.323 e. The fourth-order valence-corrected chi connectivity index (χ4v) is 3.82. The lowest BCUT2D eigenvalue weighted by Gasteiger charge is -2.17. The maximum absolute atomic E-state index is 12.0. The SMILES string of the molecule is CC(C)[C@H](N)C(=O)OC[C@H](O)CNc1nc(NCc2ccc(-c3ccccn3)cc2)c2ncn(C(C)C)c2n1. The van der Waals surface area contributed by atoms with Crippen LogP contribution in [0.2, 0.25) is 0 Å². The van der Waals surface area contributed by atoms with Gasteiger partial charge in [0, 0.05) is 30.9 Å². The quantitative estimate of drug-likeness (QED) is 0.200. The Labute approximate surface area is 227 Å². The fourth-order valence-electron chi connectivity index (χ4n) is 3.82. The van der Waals surface area contributed by atoms with Crippen molar-refractivity contribution in [2.75, 3.05) is 23.8 Å². The lowest BCUT2D eigenvalue weighted by Crippen LogP contribution is -2.39. The summed E-state index contributed by atoms with van der Waals surface area (Å²) in [7, 11) is 0. The molecular weight excluding hydrogens is 496 g/mol. The highest BCUT2D eigenvalue weighted by Gasteiger charge is 2.20. The summed E-state index contributed by atoms with van der Waals surface area (Å²) >= 11 is 0. The Balaban J connectivity index is 1.45. The minimum absolute atomic E-state index is 0.0524. The molecule has 3 aromatic heterocycles. The summed E-state index contributed by atoms with van der Waals surface area (Å²) in [6, 6.07) is 13.4. The summed E-state index contributed by atoms with van der Waals surface area (Å²) in [4.78, 5) is 30.2. The highest BCUT2D eigenvalue weighted by molar-refractivity contribution is 5.84. The number of nitrogens with one attached hydrogen (secondary N) is 2. The molecule has 11 heteroatoms. The third-order valence-electron chi connectivity index (χ3n) is 6.26. The number of imidazole rings is 1. The largest absolute Gasteiger partial charge is 0.462 e. The van der Waals surface area contributed by atoms with E-state index in [1.165, 1.54) is 0 Å². The first-order valence-corrected chi connectivity index (χ1v) is 13.1. The van der Waals surface area contributed by atoms with E-state index in [0.717, 1.165) is 16.8 Å². The van der Waals surface area contributed by atoms with Gasteiger partial charge in [-0.15, -0.1) is 0 Å². The summed E-state index contributed by atoms with van der Waals surface area (Å²) in [5.74, 6) is 0.298. The van der Waals surface area contributed by atoms with Crippen LogP contribution in [-0.4, -0.2) is 60.9 Å². The molecule has 0 amide bonds. The zero-order valence-corrected chi connectivity index (χ0v) is 22.7. The van der Waals surface area contributed by atoms with Crippen LogP contribution >= 0.6 is 0 Å². The van der Waals surface area contributed by atoms with Crippen molar-refractivity contribution in [1.82, 2.24) is 24.5 Å². The van der Waals surface area contributed by atoms with Gasteiger partial charge in [-0.2, -0.15) is 9.97 Å². The van der Waals surface area contributed by atoms with E-state index in [2.05, 4.69) is 30.6 Å². The number of nitrogens with zero attached hydrogens (tertiary/aromatic N) is 5. The number of rotatable bonds is 12. The van der Waals surface area contributed by atoms with Crippen LogP contribution in [0, 0.1) is 5.92 Å². The molecule has 0 fully saturated rings. The molecule has 0 unspecified atom stereocenters. The van der Waals surface area contributed by atoms with Crippen LogP contribution in [0.1, 0.15) is 39.3 Å². The number of anilines is 2. The molecule has 1 aromatic carbocycles. The molecule has 0 saturated heterocycles. The molecular formula is C28H36N8O3. The highest BCUT2D eigenvalue weighted by atomic mass is 16.5. The number of hydrogen-bond acceptors (Lipinski definition) is 10. The maximum atomic E-state index is 12.0. The number of pyridine rings is 1. The van der Waals surface area contributed by atoms with Gasteiger partial charge in [0.1, 0.15) is 18.8 Å². The molecule has 2 atom stereocenters. The second-order valence-electron chi connectivity index (χ2n) is 10.0. The number of aliphatic hydroxyl groups excluding tert-OH is 1. The molecule has 0 aliphatic heterocycles. The molecule has 0 aliphatic rings. The second-order valence-corrected chi connectivity index (χ2v) is 10.0. The van der Waals surface area contributed by atoms with Gasteiger partial charge in [-0.1, -0.05) is 44.2 Å². The highest BCUT2D eigenvalue weighted by Crippen LogP contribution is 2.24. The number of ether oxygens (including phenoxy) is 1. The second kappa shape index (κ2) is 12.6. The molecule has 0 saturated carbocycles. The van der Waals surface area contributed by atoms with Gasteiger partial charge < -0.3 is 30.8 Å². The summed E-state index contributed by atoms with van der Waals surface area (Å²) < 4.78 is 7.11. The fraction of sp³-hybridized carbons (Fsp3) is 0.393. The van der Waals surface area contributed by atoms with Crippen molar-refractivity contribution in [2.45, 2.75) is 52.4 Å². The molecule has 0 aliphatic carbocycles.